The fraction of sp³-hybridized carbons (Fsp3) is 0.447. The van der Waals surface area contributed by atoms with Crippen molar-refractivity contribution in [3.05, 3.63) is 88.4 Å². The number of aliphatic hydroxyl groups is 3. The Hall–Kier alpha value is -4.85. The summed E-state index contributed by atoms with van der Waals surface area (Å²) in [6.45, 7) is 1.07. The number of anilines is 1. The summed E-state index contributed by atoms with van der Waals surface area (Å²) in [5.41, 5.74) is -6.37. The fourth-order valence-corrected chi connectivity index (χ4v) is 6.61. The first-order valence-corrected chi connectivity index (χ1v) is 17.9. The van der Waals surface area contributed by atoms with Gasteiger partial charge in [0.1, 0.15) is 40.5 Å². The third-order valence-corrected chi connectivity index (χ3v) is 9.67. The summed E-state index contributed by atoms with van der Waals surface area (Å²) in [6.07, 6.45) is -6.72. The highest BCUT2D eigenvalue weighted by Gasteiger charge is 2.53. The van der Waals surface area contributed by atoms with E-state index >= 15 is 8.78 Å². The van der Waals surface area contributed by atoms with Gasteiger partial charge in [0.25, 0.3) is 11.8 Å². The molecule has 2 aliphatic rings. The van der Waals surface area contributed by atoms with E-state index < -0.39 is 94.3 Å². The number of hydrogen-bond donors (Lipinski definition) is 4. The van der Waals surface area contributed by atoms with Gasteiger partial charge in [0.05, 0.1) is 37.5 Å². The number of amides is 2. The van der Waals surface area contributed by atoms with Crippen molar-refractivity contribution < 1.29 is 69.5 Å². The van der Waals surface area contributed by atoms with Crippen LogP contribution in [0.5, 0.6) is 5.75 Å². The molecule has 5 rings (SSSR count). The van der Waals surface area contributed by atoms with Crippen LogP contribution in [0.3, 0.4) is 0 Å². The number of pyridine rings is 1. The highest BCUT2D eigenvalue weighted by atomic mass is 19.4. The standard InChI is InChI=1S/C38H40F8N4O7/c1-36-11-6-12-50(36)49(19-27-28(39)16-25(17-29(27)40)57-14-5-3-2-4-13-56-21-24(52)20-51)35(55)32(33(36)53)34(54)48-30-9-8-23(37(41,42)43)15-26(30)22-7-10-31(47-18-22)38(44,45)46/h7-10,15-18,24,51-53H,2-6,11-14,19-21H2,1H3,(H,48,54)/t24-,36+/m0/s1. The van der Waals surface area contributed by atoms with Gasteiger partial charge < -0.3 is 30.1 Å². The lowest BCUT2D eigenvalue weighted by Gasteiger charge is -2.46. The Kier molecular flexibility index (Phi) is 13.5. The molecule has 11 nitrogen and oxygen atoms in total. The second kappa shape index (κ2) is 17.7. The number of aliphatic hydroxyl groups excluding tert-OH is 3. The third-order valence-electron chi connectivity index (χ3n) is 9.67. The highest BCUT2D eigenvalue weighted by molar-refractivity contribution is 6.24. The summed E-state index contributed by atoms with van der Waals surface area (Å²) in [7, 11) is 0. The maximum Gasteiger partial charge on any atom is 0.433 e. The van der Waals surface area contributed by atoms with Gasteiger partial charge in [-0.25, -0.2) is 13.8 Å². The second-order valence-electron chi connectivity index (χ2n) is 13.8. The topological polar surface area (TPSA) is 145 Å². The number of fused-ring (bicyclic) bond motifs is 1. The van der Waals surface area contributed by atoms with Gasteiger partial charge in [0.2, 0.25) is 0 Å². The molecule has 57 heavy (non-hydrogen) atoms. The van der Waals surface area contributed by atoms with Crippen molar-refractivity contribution in [1.82, 2.24) is 15.0 Å². The number of rotatable bonds is 16. The molecule has 0 bridgehead atoms. The van der Waals surface area contributed by atoms with E-state index in [2.05, 4.69) is 10.3 Å². The van der Waals surface area contributed by atoms with Crippen molar-refractivity contribution in [2.24, 2.45) is 0 Å². The smallest absolute Gasteiger partial charge is 0.433 e. The molecule has 0 unspecified atom stereocenters. The lowest BCUT2D eigenvalue weighted by atomic mass is 9.90. The SMILES string of the molecule is C[C@]12CCCN1N(Cc1c(F)cc(OCCCCCCOC[C@@H](O)CO)cc1F)C(=O)C(C(=O)Nc1ccc(C(F)(F)F)cc1-c1ccc(C(F)(F)F)nc1)=C2O. The largest absolute Gasteiger partial charge is 0.509 e. The molecule has 1 aromatic heterocycles. The summed E-state index contributed by atoms with van der Waals surface area (Å²) in [4.78, 5) is 31.1. The van der Waals surface area contributed by atoms with E-state index in [1.165, 1.54) is 11.9 Å². The monoisotopic (exact) mass is 816 g/mol. The molecular formula is C38H40F8N4O7. The zero-order chi connectivity index (χ0) is 41.7. The van der Waals surface area contributed by atoms with Crippen LogP contribution in [0.1, 0.15) is 62.3 Å². The molecule has 1 fully saturated rings. The van der Waals surface area contributed by atoms with Gasteiger partial charge in [-0.3, -0.25) is 19.6 Å². The number of nitrogens with zero attached hydrogens (tertiary/aromatic N) is 3. The molecule has 2 aliphatic heterocycles. The summed E-state index contributed by atoms with van der Waals surface area (Å²) in [6, 6.07) is 5.30. The zero-order valence-electron chi connectivity index (χ0n) is 30.5. The summed E-state index contributed by atoms with van der Waals surface area (Å²) in [5, 5.41) is 34.0. The van der Waals surface area contributed by atoms with Gasteiger partial charge in [0, 0.05) is 53.9 Å². The number of alkyl halides is 6. The van der Waals surface area contributed by atoms with Gasteiger partial charge in [-0.1, -0.05) is 12.5 Å². The van der Waals surface area contributed by atoms with Gasteiger partial charge in [-0.15, -0.1) is 0 Å². The first kappa shape index (κ1) is 43.3. The normalized spacial score (nSPS) is 18.2. The Labute approximate surface area is 321 Å². The number of benzene rings is 2. The van der Waals surface area contributed by atoms with E-state index in [0.29, 0.717) is 56.7 Å². The van der Waals surface area contributed by atoms with Gasteiger partial charge in [0.15, 0.2) is 0 Å². The third kappa shape index (κ3) is 10.0. The number of halogens is 8. The molecule has 3 heterocycles. The van der Waals surface area contributed by atoms with Crippen molar-refractivity contribution in [2.45, 2.75) is 76.0 Å². The van der Waals surface area contributed by atoms with Crippen molar-refractivity contribution >= 4 is 17.5 Å². The van der Waals surface area contributed by atoms with E-state index in [9.17, 15) is 46.1 Å². The van der Waals surface area contributed by atoms with Gasteiger partial charge >= 0.3 is 12.4 Å². The van der Waals surface area contributed by atoms with Crippen LogP contribution in [0.15, 0.2) is 60.0 Å². The number of carbonyl (C=O) groups excluding carboxylic acids is 2. The predicted octanol–water partition coefficient (Wildman–Crippen LogP) is 6.94. The van der Waals surface area contributed by atoms with Crippen LogP contribution in [-0.2, 0) is 33.2 Å². The minimum Gasteiger partial charge on any atom is -0.509 e. The van der Waals surface area contributed by atoms with Gasteiger partial charge in [-0.05, 0) is 63.3 Å². The van der Waals surface area contributed by atoms with E-state index in [-0.39, 0.29) is 43.2 Å². The maximum absolute atomic E-state index is 15.5. The van der Waals surface area contributed by atoms with Crippen LogP contribution in [-0.4, -0.2) is 86.8 Å². The summed E-state index contributed by atoms with van der Waals surface area (Å²) in [5.74, 6) is -5.41. The molecule has 19 heteroatoms. The second-order valence-corrected chi connectivity index (χ2v) is 13.8. The molecule has 2 atom stereocenters. The number of unbranched alkanes of at least 4 members (excludes halogenated alkanes) is 3. The zero-order valence-corrected chi connectivity index (χ0v) is 30.5. The van der Waals surface area contributed by atoms with Crippen LogP contribution in [0, 0.1) is 11.6 Å². The molecule has 0 saturated carbocycles. The molecule has 0 spiro atoms. The lowest BCUT2D eigenvalue weighted by molar-refractivity contribution is -0.160. The number of ether oxygens (including phenoxy) is 2. The number of carbonyl (C=O) groups is 2. The lowest BCUT2D eigenvalue weighted by Crippen LogP contribution is -2.60. The highest BCUT2D eigenvalue weighted by Crippen LogP contribution is 2.43. The molecule has 1 saturated heterocycles. The maximum atomic E-state index is 15.5. The minimum absolute atomic E-state index is 0.0215. The molecular weight excluding hydrogens is 776 g/mol. The van der Waals surface area contributed by atoms with Crippen molar-refractivity contribution in [1.29, 1.82) is 0 Å². The van der Waals surface area contributed by atoms with E-state index in [4.69, 9.17) is 14.6 Å². The number of aromatic nitrogens is 1. The molecule has 4 N–H and O–H groups in total. The van der Waals surface area contributed by atoms with E-state index in [0.717, 1.165) is 35.7 Å². The van der Waals surface area contributed by atoms with Crippen LogP contribution >= 0.6 is 0 Å². The molecule has 0 aliphatic carbocycles. The summed E-state index contributed by atoms with van der Waals surface area (Å²) >= 11 is 0. The Bertz CT molecular complexity index is 1940. The Morgan fingerprint density at radius 2 is 1.67 bits per heavy atom. The van der Waals surface area contributed by atoms with E-state index in [1.54, 1.807) is 0 Å². The van der Waals surface area contributed by atoms with Crippen LogP contribution in [0.25, 0.3) is 11.1 Å². The molecule has 310 valence electrons. The first-order chi connectivity index (χ1) is 26.8. The fourth-order valence-electron chi connectivity index (χ4n) is 6.61. The molecule has 0 radical (unpaired) electrons. The molecule has 3 aromatic rings. The Morgan fingerprint density at radius 1 is 0.982 bits per heavy atom. The van der Waals surface area contributed by atoms with Crippen LogP contribution in [0.2, 0.25) is 0 Å². The van der Waals surface area contributed by atoms with E-state index in [1.807, 2.05) is 0 Å². The average Bonchev–Trinajstić information content (AvgIpc) is 3.55. The minimum atomic E-state index is -4.89. The Balaban J connectivity index is 1.33. The number of hydrogen-bond acceptors (Lipinski definition) is 9. The predicted molar refractivity (Wildman–Crippen MR) is 187 cm³/mol. The van der Waals surface area contributed by atoms with Crippen LogP contribution < -0.4 is 10.1 Å². The summed E-state index contributed by atoms with van der Waals surface area (Å²) < 4.78 is 122. The average molecular weight is 817 g/mol. The number of hydrazine groups is 1. The molecule has 2 aromatic carbocycles. The first-order valence-electron chi connectivity index (χ1n) is 17.9. The van der Waals surface area contributed by atoms with Crippen molar-refractivity contribution in [3.63, 3.8) is 0 Å². The van der Waals surface area contributed by atoms with Crippen LogP contribution in [0.4, 0.5) is 40.8 Å². The quantitative estimate of drug-likeness (QED) is 0.0687. The molecule has 2 amide bonds. The van der Waals surface area contributed by atoms with Crippen molar-refractivity contribution in [3.8, 4) is 16.9 Å². The Morgan fingerprint density at radius 3 is 2.28 bits per heavy atom. The van der Waals surface area contributed by atoms with Crippen molar-refractivity contribution in [2.75, 3.05) is 38.3 Å². The number of nitrogens with one attached hydrogen (secondary N) is 1. The van der Waals surface area contributed by atoms with Gasteiger partial charge in [-0.2, -0.15) is 26.3 Å².